The standard InChI is InChI=1S/C8H7ClN2O2/c9-8-2-1-6(12-8)7-3-5(4-10)11-13-7/h1-3H,4,10H2. The molecule has 0 spiro atoms. The van der Waals surface area contributed by atoms with Gasteiger partial charge in [-0.15, -0.1) is 0 Å². The predicted octanol–water partition coefficient (Wildman–Crippen LogP) is 2.05. The van der Waals surface area contributed by atoms with Crippen LogP contribution in [0.4, 0.5) is 0 Å². The minimum atomic E-state index is 0.320. The van der Waals surface area contributed by atoms with E-state index < -0.39 is 0 Å². The van der Waals surface area contributed by atoms with Gasteiger partial charge in [-0.1, -0.05) is 5.16 Å². The molecule has 2 rings (SSSR count). The zero-order chi connectivity index (χ0) is 9.26. The lowest BCUT2D eigenvalue weighted by molar-refractivity contribution is 0.411. The summed E-state index contributed by atoms with van der Waals surface area (Å²) in [5.74, 6) is 1.09. The van der Waals surface area contributed by atoms with Crippen molar-refractivity contribution in [3.63, 3.8) is 0 Å². The average Bonchev–Trinajstić information content (AvgIpc) is 2.71. The molecule has 13 heavy (non-hydrogen) atoms. The molecule has 0 aromatic carbocycles. The Morgan fingerprint density at radius 1 is 1.38 bits per heavy atom. The SMILES string of the molecule is NCc1cc(-c2ccc(Cl)o2)on1. The number of rotatable bonds is 2. The molecular formula is C8H7ClN2O2. The first-order chi connectivity index (χ1) is 6.29. The van der Waals surface area contributed by atoms with Crippen molar-refractivity contribution in [1.29, 1.82) is 0 Å². The minimum absolute atomic E-state index is 0.320. The molecule has 2 N–H and O–H groups in total. The van der Waals surface area contributed by atoms with E-state index in [1.165, 1.54) is 0 Å². The summed E-state index contributed by atoms with van der Waals surface area (Å²) in [6, 6.07) is 5.07. The molecule has 2 aromatic rings. The highest BCUT2D eigenvalue weighted by atomic mass is 35.5. The third kappa shape index (κ3) is 1.59. The summed E-state index contributed by atoms with van der Waals surface area (Å²) in [5, 5.41) is 4.04. The van der Waals surface area contributed by atoms with E-state index in [0.717, 1.165) is 0 Å². The third-order valence-corrected chi connectivity index (χ3v) is 1.79. The maximum absolute atomic E-state index is 5.60. The maximum atomic E-state index is 5.60. The van der Waals surface area contributed by atoms with Crippen LogP contribution in [0, 0.1) is 0 Å². The van der Waals surface area contributed by atoms with Gasteiger partial charge in [0.1, 0.15) is 0 Å². The highest BCUT2D eigenvalue weighted by Gasteiger charge is 2.09. The van der Waals surface area contributed by atoms with E-state index in [0.29, 0.717) is 29.0 Å². The Kier molecular flexibility index (Phi) is 2.08. The van der Waals surface area contributed by atoms with Crippen molar-refractivity contribution in [1.82, 2.24) is 5.16 Å². The summed E-state index contributed by atoms with van der Waals surface area (Å²) in [7, 11) is 0. The Balaban J connectivity index is 2.35. The lowest BCUT2D eigenvalue weighted by atomic mass is 10.3. The fourth-order valence-corrected chi connectivity index (χ4v) is 1.12. The van der Waals surface area contributed by atoms with Crippen LogP contribution in [-0.2, 0) is 6.54 Å². The fraction of sp³-hybridized carbons (Fsp3) is 0.125. The maximum Gasteiger partial charge on any atom is 0.202 e. The molecule has 4 nitrogen and oxygen atoms in total. The largest absolute Gasteiger partial charge is 0.441 e. The number of furan rings is 1. The van der Waals surface area contributed by atoms with E-state index in [9.17, 15) is 0 Å². The molecule has 0 bridgehead atoms. The Morgan fingerprint density at radius 2 is 2.23 bits per heavy atom. The number of aromatic nitrogens is 1. The summed E-state index contributed by atoms with van der Waals surface area (Å²) in [4.78, 5) is 0. The van der Waals surface area contributed by atoms with E-state index in [4.69, 9.17) is 26.3 Å². The first kappa shape index (κ1) is 8.34. The predicted molar refractivity (Wildman–Crippen MR) is 47.1 cm³/mol. The van der Waals surface area contributed by atoms with Crippen LogP contribution in [0.3, 0.4) is 0 Å². The molecule has 0 unspecified atom stereocenters. The second-order valence-electron chi connectivity index (χ2n) is 2.49. The van der Waals surface area contributed by atoms with Gasteiger partial charge in [0.15, 0.2) is 11.0 Å². The zero-order valence-corrected chi connectivity index (χ0v) is 7.41. The van der Waals surface area contributed by atoms with Crippen LogP contribution in [0.1, 0.15) is 5.69 Å². The van der Waals surface area contributed by atoms with E-state index in [-0.39, 0.29) is 0 Å². The van der Waals surface area contributed by atoms with Crippen LogP contribution >= 0.6 is 11.6 Å². The topological polar surface area (TPSA) is 65.2 Å². The summed E-state index contributed by atoms with van der Waals surface area (Å²) in [6.07, 6.45) is 0. The second-order valence-corrected chi connectivity index (χ2v) is 2.86. The van der Waals surface area contributed by atoms with Crippen molar-refractivity contribution < 1.29 is 8.94 Å². The zero-order valence-electron chi connectivity index (χ0n) is 6.66. The molecule has 0 aliphatic heterocycles. The molecule has 0 amide bonds. The van der Waals surface area contributed by atoms with Gasteiger partial charge in [-0.05, 0) is 23.7 Å². The van der Waals surface area contributed by atoms with Crippen molar-refractivity contribution in [2.45, 2.75) is 6.54 Å². The van der Waals surface area contributed by atoms with Gasteiger partial charge in [0.05, 0.1) is 5.69 Å². The molecule has 0 fully saturated rings. The van der Waals surface area contributed by atoms with Gasteiger partial charge in [-0.25, -0.2) is 0 Å². The highest BCUT2D eigenvalue weighted by Crippen LogP contribution is 2.24. The van der Waals surface area contributed by atoms with Crippen LogP contribution < -0.4 is 5.73 Å². The van der Waals surface area contributed by atoms with Crippen LogP contribution in [0.2, 0.25) is 5.22 Å². The van der Waals surface area contributed by atoms with Crippen LogP contribution in [-0.4, -0.2) is 5.16 Å². The summed E-state index contributed by atoms with van der Waals surface area (Å²) in [5.41, 5.74) is 6.05. The second kappa shape index (κ2) is 3.24. The normalized spacial score (nSPS) is 10.6. The summed E-state index contributed by atoms with van der Waals surface area (Å²) in [6.45, 7) is 0.345. The van der Waals surface area contributed by atoms with Crippen molar-refractivity contribution in [3.8, 4) is 11.5 Å². The quantitative estimate of drug-likeness (QED) is 0.802. The molecule has 5 heteroatoms. The lowest BCUT2D eigenvalue weighted by Gasteiger charge is -1.84. The molecule has 2 heterocycles. The smallest absolute Gasteiger partial charge is 0.202 e. The van der Waals surface area contributed by atoms with Crippen molar-refractivity contribution >= 4 is 11.6 Å². The molecule has 0 radical (unpaired) electrons. The van der Waals surface area contributed by atoms with E-state index in [2.05, 4.69) is 5.16 Å². The number of halogens is 1. The lowest BCUT2D eigenvalue weighted by Crippen LogP contribution is -1.94. The van der Waals surface area contributed by atoms with Crippen LogP contribution in [0.15, 0.2) is 27.1 Å². The number of hydrogen-bond acceptors (Lipinski definition) is 4. The van der Waals surface area contributed by atoms with Gasteiger partial charge in [-0.3, -0.25) is 0 Å². The Morgan fingerprint density at radius 3 is 2.77 bits per heavy atom. The Bertz CT molecular complexity index is 408. The first-order valence-electron chi connectivity index (χ1n) is 3.71. The summed E-state index contributed by atoms with van der Waals surface area (Å²) < 4.78 is 10.1. The van der Waals surface area contributed by atoms with Gasteiger partial charge < -0.3 is 14.7 Å². The third-order valence-electron chi connectivity index (χ3n) is 1.58. The summed E-state index contributed by atoms with van der Waals surface area (Å²) >= 11 is 5.60. The molecule has 0 saturated heterocycles. The molecule has 0 atom stereocenters. The number of nitrogens with zero attached hydrogens (tertiary/aromatic N) is 1. The van der Waals surface area contributed by atoms with Crippen LogP contribution in [0.5, 0.6) is 0 Å². The van der Waals surface area contributed by atoms with Gasteiger partial charge in [0.25, 0.3) is 0 Å². The monoisotopic (exact) mass is 198 g/mol. The number of nitrogens with two attached hydrogens (primary N) is 1. The molecular weight excluding hydrogens is 192 g/mol. The van der Waals surface area contributed by atoms with Crippen molar-refractivity contribution in [2.75, 3.05) is 0 Å². The molecule has 68 valence electrons. The van der Waals surface area contributed by atoms with Crippen molar-refractivity contribution in [2.24, 2.45) is 5.73 Å². The van der Waals surface area contributed by atoms with Gasteiger partial charge in [0.2, 0.25) is 5.76 Å². The molecule has 0 saturated carbocycles. The Hall–Kier alpha value is -1.26. The highest BCUT2D eigenvalue weighted by molar-refractivity contribution is 6.28. The van der Waals surface area contributed by atoms with E-state index in [1.54, 1.807) is 18.2 Å². The van der Waals surface area contributed by atoms with Crippen molar-refractivity contribution in [3.05, 3.63) is 29.1 Å². The Labute approximate surface area is 79.3 Å². The van der Waals surface area contributed by atoms with Gasteiger partial charge in [-0.2, -0.15) is 0 Å². The van der Waals surface area contributed by atoms with E-state index in [1.807, 2.05) is 0 Å². The molecule has 2 aromatic heterocycles. The first-order valence-corrected chi connectivity index (χ1v) is 4.09. The van der Waals surface area contributed by atoms with E-state index >= 15 is 0 Å². The van der Waals surface area contributed by atoms with Gasteiger partial charge in [0, 0.05) is 12.6 Å². The fourth-order valence-electron chi connectivity index (χ4n) is 0.971. The molecule has 0 aliphatic rings. The van der Waals surface area contributed by atoms with Crippen LogP contribution in [0.25, 0.3) is 11.5 Å². The average molecular weight is 199 g/mol. The van der Waals surface area contributed by atoms with Gasteiger partial charge >= 0.3 is 0 Å². The molecule has 0 aliphatic carbocycles. The number of hydrogen-bond donors (Lipinski definition) is 1. The minimum Gasteiger partial charge on any atom is -0.441 e.